The highest BCUT2D eigenvalue weighted by atomic mass is 16.2. The Kier molecular flexibility index (Phi) is 3.35. The van der Waals surface area contributed by atoms with Gasteiger partial charge in [0.15, 0.2) is 0 Å². The molecule has 7 nitrogen and oxygen atoms in total. The van der Waals surface area contributed by atoms with Crippen LogP contribution in [-0.2, 0) is 9.59 Å². The van der Waals surface area contributed by atoms with Crippen LogP contribution < -0.4 is 22.5 Å². The number of rotatable bonds is 2. The van der Waals surface area contributed by atoms with Crippen LogP contribution in [0.1, 0.15) is 13.3 Å². The minimum Gasteiger partial charge on any atom is -0.412 e. The maximum atomic E-state index is 11.1. The third kappa shape index (κ3) is 1.77. The van der Waals surface area contributed by atoms with Crippen molar-refractivity contribution in [3.63, 3.8) is 0 Å². The molecule has 0 aromatic carbocycles. The Labute approximate surface area is 75.1 Å². The molecule has 0 aromatic rings. The van der Waals surface area contributed by atoms with E-state index in [0.29, 0.717) is 6.42 Å². The van der Waals surface area contributed by atoms with Crippen molar-refractivity contribution in [3.8, 4) is 0 Å². The van der Waals surface area contributed by atoms with Crippen molar-refractivity contribution in [3.05, 3.63) is 0 Å². The summed E-state index contributed by atoms with van der Waals surface area (Å²) in [6.07, 6.45) is 0.499. The molecule has 13 heavy (non-hydrogen) atoms. The zero-order valence-corrected chi connectivity index (χ0v) is 7.26. The second kappa shape index (κ2) is 3.69. The van der Waals surface area contributed by atoms with Gasteiger partial charge in [-0.15, -0.1) is 0 Å². The molecule has 2 unspecified atom stereocenters. The summed E-state index contributed by atoms with van der Waals surface area (Å²) in [6, 6.07) is 0. The Morgan fingerprint density at radius 1 is 1.38 bits per heavy atom. The molecule has 8 N–H and O–H groups in total. The van der Waals surface area contributed by atoms with E-state index in [0.717, 1.165) is 0 Å². The maximum Gasteiger partial charge on any atom is 0.240 e. The van der Waals surface area contributed by atoms with Crippen molar-refractivity contribution in [2.24, 2.45) is 23.0 Å². The molecule has 1 aliphatic rings. The summed E-state index contributed by atoms with van der Waals surface area (Å²) in [6.45, 7) is 1.68. The normalized spacial score (nSPS) is 29.9. The van der Waals surface area contributed by atoms with Crippen molar-refractivity contribution in [2.75, 3.05) is 0 Å². The van der Waals surface area contributed by atoms with Gasteiger partial charge >= 0.3 is 0 Å². The standard InChI is InChI=1S/C6H12N4O2.H2O/c1-6(5(12)10-8)2-3(6)4(11)9-7;/h3H,2,7-8H2,1H3,(H,9,11)(H,10,12);1H2. The van der Waals surface area contributed by atoms with Crippen LogP contribution in [0.15, 0.2) is 0 Å². The molecule has 1 rings (SSSR count). The van der Waals surface area contributed by atoms with Gasteiger partial charge in [0.2, 0.25) is 11.8 Å². The van der Waals surface area contributed by atoms with Gasteiger partial charge in [-0.1, -0.05) is 0 Å². The molecule has 7 heteroatoms. The van der Waals surface area contributed by atoms with Gasteiger partial charge in [-0.2, -0.15) is 0 Å². The lowest BCUT2D eigenvalue weighted by molar-refractivity contribution is -0.130. The van der Waals surface area contributed by atoms with E-state index in [1.807, 2.05) is 10.9 Å². The minimum absolute atomic E-state index is 0. The molecule has 1 aliphatic carbocycles. The van der Waals surface area contributed by atoms with Crippen molar-refractivity contribution in [1.29, 1.82) is 0 Å². The molecule has 2 atom stereocenters. The average molecular weight is 190 g/mol. The van der Waals surface area contributed by atoms with Crippen LogP contribution in [-0.4, -0.2) is 17.3 Å². The summed E-state index contributed by atoms with van der Waals surface area (Å²) < 4.78 is 0. The van der Waals surface area contributed by atoms with Gasteiger partial charge in [0.25, 0.3) is 0 Å². The van der Waals surface area contributed by atoms with Crippen LogP contribution >= 0.6 is 0 Å². The van der Waals surface area contributed by atoms with E-state index in [1.54, 1.807) is 6.92 Å². The van der Waals surface area contributed by atoms with Crippen molar-refractivity contribution in [2.45, 2.75) is 13.3 Å². The summed E-state index contributed by atoms with van der Waals surface area (Å²) in [7, 11) is 0. The molecule has 2 amide bonds. The lowest BCUT2D eigenvalue weighted by Gasteiger charge is -2.07. The molecule has 0 spiro atoms. The fourth-order valence-electron chi connectivity index (χ4n) is 1.26. The topological polar surface area (TPSA) is 142 Å². The highest BCUT2D eigenvalue weighted by molar-refractivity contribution is 5.95. The predicted molar refractivity (Wildman–Crippen MR) is 44.5 cm³/mol. The first-order valence-electron chi connectivity index (χ1n) is 3.57. The van der Waals surface area contributed by atoms with Crippen molar-refractivity contribution in [1.82, 2.24) is 10.9 Å². The Morgan fingerprint density at radius 3 is 2.31 bits per heavy atom. The summed E-state index contributed by atoms with van der Waals surface area (Å²) in [5, 5.41) is 0. The summed E-state index contributed by atoms with van der Waals surface area (Å²) in [4.78, 5) is 22.0. The molecular weight excluding hydrogens is 176 g/mol. The van der Waals surface area contributed by atoms with Gasteiger partial charge in [0.1, 0.15) is 0 Å². The number of hydrogen-bond acceptors (Lipinski definition) is 4. The van der Waals surface area contributed by atoms with Gasteiger partial charge in [-0.3, -0.25) is 20.4 Å². The third-order valence-electron chi connectivity index (χ3n) is 2.35. The maximum absolute atomic E-state index is 11.1. The molecular formula is C6H14N4O3. The van der Waals surface area contributed by atoms with E-state index < -0.39 is 5.41 Å². The average Bonchev–Trinajstić information content (AvgIpc) is 2.76. The highest BCUT2D eigenvalue weighted by Gasteiger charge is 2.59. The smallest absolute Gasteiger partial charge is 0.240 e. The van der Waals surface area contributed by atoms with Crippen LogP contribution in [0.4, 0.5) is 0 Å². The van der Waals surface area contributed by atoms with Crippen LogP contribution in [0, 0.1) is 11.3 Å². The Morgan fingerprint density at radius 2 is 1.92 bits per heavy atom. The number of carbonyl (C=O) groups excluding carboxylic acids is 2. The number of amides is 2. The molecule has 0 aliphatic heterocycles. The second-order valence-corrected chi connectivity index (χ2v) is 3.16. The largest absolute Gasteiger partial charge is 0.412 e. The monoisotopic (exact) mass is 190 g/mol. The van der Waals surface area contributed by atoms with Gasteiger partial charge in [0, 0.05) is 0 Å². The second-order valence-electron chi connectivity index (χ2n) is 3.16. The minimum atomic E-state index is -0.668. The van der Waals surface area contributed by atoms with E-state index in [1.165, 1.54) is 0 Å². The Balaban J connectivity index is 0.00000144. The number of nitrogens with two attached hydrogens (primary N) is 2. The van der Waals surface area contributed by atoms with Gasteiger partial charge in [-0.25, -0.2) is 11.7 Å². The van der Waals surface area contributed by atoms with Crippen LogP contribution in [0.5, 0.6) is 0 Å². The first-order valence-corrected chi connectivity index (χ1v) is 3.57. The first kappa shape index (κ1) is 11.8. The SMILES string of the molecule is CC1(C(=O)NN)CC1C(=O)NN.O. The lowest BCUT2D eigenvalue weighted by atomic mass is 10.1. The van der Waals surface area contributed by atoms with E-state index in [4.69, 9.17) is 11.7 Å². The van der Waals surface area contributed by atoms with Gasteiger partial charge in [0.05, 0.1) is 11.3 Å². The molecule has 76 valence electrons. The van der Waals surface area contributed by atoms with Gasteiger partial charge < -0.3 is 5.48 Å². The Bertz CT molecular complexity index is 232. The van der Waals surface area contributed by atoms with E-state index in [2.05, 4.69) is 0 Å². The molecule has 0 bridgehead atoms. The predicted octanol–water partition coefficient (Wildman–Crippen LogP) is -2.83. The van der Waals surface area contributed by atoms with Crippen molar-refractivity contribution >= 4 is 11.8 Å². The third-order valence-corrected chi connectivity index (χ3v) is 2.35. The van der Waals surface area contributed by atoms with Crippen LogP contribution in [0.2, 0.25) is 0 Å². The van der Waals surface area contributed by atoms with Gasteiger partial charge in [-0.05, 0) is 13.3 Å². The summed E-state index contributed by atoms with van der Waals surface area (Å²) in [5.41, 5.74) is 3.35. The number of hydrazine groups is 2. The number of carbonyl (C=O) groups is 2. The quantitative estimate of drug-likeness (QED) is 0.211. The van der Waals surface area contributed by atoms with Crippen LogP contribution in [0.3, 0.4) is 0 Å². The zero-order valence-electron chi connectivity index (χ0n) is 7.26. The van der Waals surface area contributed by atoms with Crippen molar-refractivity contribution < 1.29 is 15.1 Å². The summed E-state index contributed by atoms with van der Waals surface area (Å²) >= 11 is 0. The summed E-state index contributed by atoms with van der Waals surface area (Å²) in [5.74, 6) is 8.87. The molecule has 0 heterocycles. The molecule has 0 saturated heterocycles. The number of hydrogen-bond donors (Lipinski definition) is 4. The lowest BCUT2D eigenvalue weighted by Crippen LogP contribution is -2.40. The van der Waals surface area contributed by atoms with Crippen LogP contribution in [0.25, 0.3) is 0 Å². The molecule has 1 saturated carbocycles. The Hall–Kier alpha value is -1.18. The number of nitrogens with one attached hydrogen (secondary N) is 2. The van der Waals surface area contributed by atoms with E-state index in [-0.39, 0.29) is 23.2 Å². The molecule has 0 radical (unpaired) electrons. The molecule has 0 aromatic heterocycles. The fraction of sp³-hybridized carbons (Fsp3) is 0.667. The zero-order chi connectivity index (χ0) is 9.35. The van der Waals surface area contributed by atoms with E-state index >= 15 is 0 Å². The highest BCUT2D eigenvalue weighted by Crippen LogP contribution is 2.52. The molecule has 1 fully saturated rings. The first-order chi connectivity index (χ1) is 5.56. The van der Waals surface area contributed by atoms with E-state index in [9.17, 15) is 9.59 Å². The fourth-order valence-corrected chi connectivity index (χ4v) is 1.26.